The second-order valence-electron chi connectivity index (χ2n) is 5.44. The number of carbonyl (C=O) groups is 1. The van der Waals surface area contributed by atoms with E-state index in [2.05, 4.69) is 29.0 Å². The van der Waals surface area contributed by atoms with Crippen molar-refractivity contribution in [3.8, 4) is 0 Å². The number of carbonyl (C=O) groups excluding carboxylic acids is 1. The summed E-state index contributed by atoms with van der Waals surface area (Å²) in [6, 6.07) is 1.62. The van der Waals surface area contributed by atoms with Crippen molar-refractivity contribution in [3.63, 3.8) is 0 Å². The summed E-state index contributed by atoms with van der Waals surface area (Å²) in [7, 11) is 4.03. The van der Waals surface area contributed by atoms with Gasteiger partial charge >= 0.3 is 5.97 Å². The molecule has 6 heteroatoms. The van der Waals surface area contributed by atoms with E-state index in [4.69, 9.17) is 10.5 Å². The second kappa shape index (κ2) is 6.56. The second-order valence-corrected chi connectivity index (χ2v) is 5.44. The van der Waals surface area contributed by atoms with Crippen molar-refractivity contribution in [2.75, 3.05) is 38.3 Å². The lowest BCUT2D eigenvalue weighted by molar-refractivity contribution is 0.0527. The number of pyridine rings is 1. The Balaban J connectivity index is 2.83. The molecule has 1 heterocycles. The number of hydrogen-bond acceptors (Lipinski definition) is 6. The lowest BCUT2D eigenvalue weighted by Crippen LogP contribution is -2.44. The molecule has 0 saturated carbocycles. The normalized spacial score (nSPS) is 11.5. The van der Waals surface area contributed by atoms with Gasteiger partial charge < -0.3 is 20.7 Å². The minimum atomic E-state index is -0.428. The van der Waals surface area contributed by atoms with Crippen LogP contribution in [-0.4, -0.2) is 48.6 Å². The molecule has 112 valence electrons. The van der Waals surface area contributed by atoms with Crippen molar-refractivity contribution in [1.29, 1.82) is 0 Å². The van der Waals surface area contributed by atoms with Gasteiger partial charge in [0.05, 0.1) is 24.1 Å². The van der Waals surface area contributed by atoms with Crippen LogP contribution in [0.15, 0.2) is 12.3 Å². The number of hydrogen-bond donors (Lipinski definition) is 2. The van der Waals surface area contributed by atoms with Gasteiger partial charge in [-0.1, -0.05) is 0 Å². The van der Waals surface area contributed by atoms with Crippen LogP contribution in [0.25, 0.3) is 0 Å². The molecule has 20 heavy (non-hydrogen) atoms. The van der Waals surface area contributed by atoms with Gasteiger partial charge in [-0.05, 0) is 40.9 Å². The Labute approximate surface area is 120 Å². The maximum atomic E-state index is 11.8. The first-order chi connectivity index (χ1) is 9.27. The zero-order valence-electron chi connectivity index (χ0n) is 12.9. The van der Waals surface area contributed by atoms with Crippen LogP contribution in [0.2, 0.25) is 0 Å². The summed E-state index contributed by atoms with van der Waals surface area (Å²) in [5.41, 5.74) is 6.38. The van der Waals surface area contributed by atoms with E-state index in [0.717, 1.165) is 0 Å². The number of likely N-dealkylation sites (N-methyl/N-ethyl adjacent to an activating group) is 1. The standard InChI is InChI=1S/C14H24N4O2/c1-6-20-13(19)10-7-12(16-8-11(10)15)17-9-14(2,3)18(4)5/h7-8H,6,9,15H2,1-5H3,(H,16,17). The first-order valence-corrected chi connectivity index (χ1v) is 6.62. The number of nitrogens with zero attached hydrogens (tertiary/aromatic N) is 2. The fraction of sp³-hybridized carbons (Fsp3) is 0.571. The zero-order valence-corrected chi connectivity index (χ0v) is 12.9. The van der Waals surface area contributed by atoms with Crippen LogP contribution < -0.4 is 11.1 Å². The summed E-state index contributed by atoms with van der Waals surface area (Å²) < 4.78 is 4.96. The largest absolute Gasteiger partial charge is 0.462 e. The predicted molar refractivity (Wildman–Crippen MR) is 80.9 cm³/mol. The summed E-state index contributed by atoms with van der Waals surface area (Å²) in [6.07, 6.45) is 1.47. The van der Waals surface area contributed by atoms with Crippen LogP contribution in [0.1, 0.15) is 31.1 Å². The van der Waals surface area contributed by atoms with Crippen LogP contribution in [-0.2, 0) is 4.74 Å². The lowest BCUT2D eigenvalue weighted by Gasteiger charge is -2.32. The average molecular weight is 280 g/mol. The molecule has 0 radical (unpaired) electrons. The Kier molecular flexibility index (Phi) is 5.33. The summed E-state index contributed by atoms with van der Waals surface area (Å²) in [5, 5.41) is 3.21. The highest BCUT2D eigenvalue weighted by Crippen LogP contribution is 2.17. The smallest absolute Gasteiger partial charge is 0.340 e. The topological polar surface area (TPSA) is 80.5 Å². The van der Waals surface area contributed by atoms with Gasteiger partial charge in [-0.25, -0.2) is 9.78 Å². The maximum absolute atomic E-state index is 11.8. The number of nitrogens with one attached hydrogen (secondary N) is 1. The number of nitrogen functional groups attached to an aromatic ring is 1. The zero-order chi connectivity index (χ0) is 15.3. The molecule has 0 aliphatic rings. The highest BCUT2D eigenvalue weighted by Gasteiger charge is 2.20. The SMILES string of the molecule is CCOC(=O)c1cc(NCC(C)(C)N(C)C)ncc1N. The summed E-state index contributed by atoms with van der Waals surface area (Å²) >= 11 is 0. The van der Waals surface area contributed by atoms with Crippen molar-refractivity contribution in [2.24, 2.45) is 0 Å². The van der Waals surface area contributed by atoms with E-state index in [9.17, 15) is 4.79 Å². The molecule has 1 rings (SSSR count). The Morgan fingerprint density at radius 3 is 2.70 bits per heavy atom. The monoisotopic (exact) mass is 280 g/mol. The molecule has 0 aromatic carbocycles. The minimum Gasteiger partial charge on any atom is -0.462 e. The third-order valence-corrected chi connectivity index (χ3v) is 3.34. The van der Waals surface area contributed by atoms with Gasteiger partial charge in [-0.15, -0.1) is 0 Å². The van der Waals surface area contributed by atoms with Crippen molar-refractivity contribution in [1.82, 2.24) is 9.88 Å². The Morgan fingerprint density at radius 2 is 2.15 bits per heavy atom. The molecule has 0 aliphatic heterocycles. The first kappa shape index (κ1) is 16.2. The molecule has 0 amide bonds. The fourth-order valence-electron chi connectivity index (χ4n) is 1.41. The Hall–Kier alpha value is -1.82. The van der Waals surface area contributed by atoms with Crippen LogP contribution in [0.5, 0.6) is 0 Å². The number of ether oxygens (including phenoxy) is 1. The minimum absolute atomic E-state index is 0.0346. The van der Waals surface area contributed by atoms with Gasteiger partial charge in [-0.2, -0.15) is 0 Å². The van der Waals surface area contributed by atoms with Gasteiger partial charge in [0, 0.05) is 12.1 Å². The summed E-state index contributed by atoms with van der Waals surface area (Å²) in [5.74, 6) is 0.180. The molecule has 1 aromatic rings. The number of anilines is 2. The molecule has 0 saturated heterocycles. The molecule has 1 aromatic heterocycles. The number of aromatic nitrogens is 1. The molecule has 6 nitrogen and oxygen atoms in total. The van der Waals surface area contributed by atoms with Crippen molar-refractivity contribution < 1.29 is 9.53 Å². The van der Waals surface area contributed by atoms with Gasteiger partial charge in [0.2, 0.25) is 0 Å². The quantitative estimate of drug-likeness (QED) is 0.770. The van der Waals surface area contributed by atoms with E-state index in [1.807, 2.05) is 14.1 Å². The molecule has 0 aliphatic carbocycles. The molecular formula is C14H24N4O2. The molecule has 0 unspecified atom stereocenters. The first-order valence-electron chi connectivity index (χ1n) is 6.62. The van der Waals surface area contributed by atoms with Gasteiger partial charge in [0.1, 0.15) is 5.82 Å². The average Bonchev–Trinajstić information content (AvgIpc) is 2.37. The van der Waals surface area contributed by atoms with Gasteiger partial charge in [0.15, 0.2) is 0 Å². The van der Waals surface area contributed by atoms with E-state index < -0.39 is 5.97 Å². The molecule has 0 fully saturated rings. The molecule has 3 N–H and O–H groups in total. The van der Waals surface area contributed by atoms with Gasteiger partial charge in [0.25, 0.3) is 0 Å². The Bertz CT molecular complexity index is 472. The van der Waals surface area contributed by atoms with E-state index in [1.165, 1.54) is 6.20 Å². The van der Waals surface area contributed by atoms with E-state index >= 15 is 0 Å². The number of rotatable bonds is 6. The van der Waals surface area contributed by atoms with Crippen molar-refractivity contribution >= 4 is 17.5 Å². The van der Waals surface area contributed by atoms with E-state index in [1.54, 1.807) is 13.0 Å². The molecule has 0 spiro atoms. The Morgan fingerprint density at radius 1 is 1.50 bits per heavy atom. The maximum Gasteiger partial charge on any atom is 0.340 e. The van der Waals surface area contributed by atoms with Crippen LogP contribution in [0.4, 0.5) is 11.5 Å². The van der Waals surface area contributed by atoms with E-state index in [0.29, 0.717) is 30.2 Å². The summed E-state index contributed by atoms with van der Waals surface area (Å²) in [6.45, 7) is 7.00. The predicted octanol–water partition coefficient (Wildman–Crippen LogP) is 1.59. The number of nitrogens with two attached hydrogens (primary N) is 1. The highest BCUT2D eigenvalue weighted by atomic mass is 16.5. The molecule has 0 bridgehead atoms. The summed E-state index contributed by atoms with van der Waals surface area (Å²) in [4.78, 5) is 18.1. The molecule has 0 atom stereocenters. The highest BCUT2D eigenvalue weighted by molar-refractivity contribution is 5.95. The van der Waals surface area contributed by atoms with E-state index in [-0.39, 0.29) is 5.54 Å². The third-order valence-electron chi connectivity index (χ3n) is 3.34. The van der Waals surface area contributed by atoms with Crippen LogP contribution in [0.3, 0.4) is 0 Å². The number of esters is 1. The van der Waals surface area contributed by atoms with Gasteiger partial charge in [-0.3, -0.25) is 0 Å². The fourth-order valence-corrected chi connectivity index (χ4v) is 1.41. The van der Waals surface area contributed by atoms with Crippen molar-refractivity contribution in [3.05, 3.63) is 17.8 Å². The van der Waals surface area contributed by atoms with Crippen molar-refractivity contribution in [2.45, 2.75) is 26.3 Å². The molecular weight excluding hydrogens is 256 g/mol. The lowest BCUT2D eigenvalue weighted by atomic mass is 10.0. The van der Waals surface area contributed by atoms with Crippen LogP contribution >= 0.6 is 0 Å². The van der Waals surface area contributed by atoms with Crippen LogP contribution in [0, 0.1) is 0 Å². The third kappa shape index (κ3) is 4.09.